The standard InChI is InChI=1S/C16H20N4O/c1-20-18-15(17-19-20)12-14(21)16(10-6-3-7-11-16)13-8-4-2-5-9-13/h2,4-5,8-9H,3,6-7,10-12H2,1H3. The SMILES string of the molecule is Cn1nnc(CC(=O)C2(c3ccccc3)CCCCC2)n1. The molecule has 110 valence electrons. The van der Waals surface area contributed by atoms with Gasteiger partial charge in [-0.05, 0) is 23.6 Å². The zero-order chi connectivity index (χ0) is 14.7. The Labute approximate surface area is 124 Å². The second-order valence-electron chi connectivity index (χ2n) is 5.80. The predicted octanol–water partition coefficient (Wildman–Crippen LogP) is 2.22. The van der Waals surface area contributed by atoms with Crippen molar-refractivity contribution in [1.29, 1.82) is 0 Å². The van der Waals surface area contributed by atoms with Crippen LogP contribution in [-0.4, -0.2) is 26.0 Å². The molecular formula is C16H20N4O. The summed E-state index contributed by atoms with van der Waals surface area (Å²) in [5, 5.41) is 11.9. The number of Topliss-reactive ketones (excluding diaryl/α,β-unsaturated/α-hetero) is 1. The predicted molar refractivity (Wildman–Crippen MR) is 78.7 cm³/mol. The van der Waals surface area contributed by atoms with E-state index in [0.29, 0.717) is 5.82 Å². The molecule has 21 heavy (non-hydrogen) atoms. The molecule has 0 amide bonds. The maximum Gasteiger partial charge on any atom is 0.182 e. The van der Waals surface area contributed by atoms with E-state index in [1.165, 1.54) is 11.2 Å². The molecule has 1 aromatic carbocycles. The fourth-order valence-electron chi connectivity index (χ4n) is 3.35. The molecule has 1 heterocycles. The molecule has 1 fully saturated rings. The minimum atomic E-state index is -0.362. The highest BCUT2D eigenvalue weighted by Crippen LogP contribution is 2.40. The van der Waals surface area contributed by atoms with E-state index in [0.717, 1.165) is 31.2 Å². The van der Waals surface area contributed by atoms with E-state index in [-0.39, 0.29) is 17.6 Å². The Bertz CT molecular complexity index is 614. The van der Waals surface area contributed by atoms with Gasteiger partial charge in [0.05, 0.1) is 18.9 Å². The average molecular weight is 284 g/mol. The van der Waals surface area contributed by atoms with Gasteiger partial charge < -0.3 is 0 Å². The van der Waals surface area contributed by atoms with Gasteiger partial charge in [-0.1, -0.05) is 49.6 Å². The summed E-state index contributed by atoms with van der Waals surface area (Å²) in [6.07, 6.45) is 5.54. The van der Waals surface area contributed by atoms with Gasteiger partial charge in [-0.2, -0.15) is 4.80 Å². The Hall–Kier alpha value is -2.04. The van der Waals surface area contributed by atoms with Gasteiger partial charge in [0, 0.05) is 0 Å². The Morgan fingerprint density at radius 1 is 1.19 bits per heavy atom. The third kappa shape index (κ3) is 2.73. The number of tetrazole rings is 1. The normalized spacial score (nSPS) is 17.6. The molecule has 0 spiro atoms. The molecule has 0 unspecified atom stereocenters. The van der Waals surface area contributed by atoms with Gasteiger partial charge in [0.2, 0.25) is 0 Å². The molecule has 1 aliphatic carbocycles. The molecule has 0 radical (unpaired) electrons. The van der Waals surface area contributed by atoms with Gasteiger partial charge in [-0.3, -0.25) is 4.79 Å². The highest BCUT2D eigenvalue weighted by Gasteiger charge is 2.40. The van der Waals surface area contributed by atoms with Crippen molar-refractivity contribution in [3.8, 4) is 0 Å². The number of nitrogens with zero attached hydrogens (tertiary/aromatic N) is 4. The summed E-state index contributed by atoms with van der Waals surface area (Å²) in [6.45, 7) is 0. The molecule has 1 aliphatic rings. The van der Waals surface area contributed by atoms with Crippen LogP contribution in [0.15, 0.2) is 30.3 Å². The first-order valence-electron chi connectivity index (χ1n) is 7.52. The molecule has 5 heteroatoms. The first kappa shape index (κ1) is 13.9. The van der Waals surface area contributed by atoms with Crippen molar-refractivity contribution in [3.05, 3.63) is 41.7 Å². The smallest absolute Gasteiger partial charge is 0.182 e. The quantitative estimate of drug-likeness (QED) is 0.863. The van der Waals surface area contributed by atoms with Crippen LogP contribution in [0.25, 0.3) is 0 Å². The van der Waals surface area contributed by atoms with Crippen molar-refractivity contribution in [2.45, 2.75) is 43.9 Å². The molecule has 5 nitrogen and oxygen atoms in total. The first-order chi connectivity index (χ1) is 10.2. The number of benzene rings is 1. The van der Waals surface area contributed by atoms with E-state index in [2.05, 4.69) is 27.5 Å². The lowest BCUT2D eigenvalue weighted by molar-refractivity contribution is -0.125. The summed E-state index contributed by atoms with van der Waals surface area (Å²) in [5.41, 5.74) is 0.775. The maximum atomic E-state index is 13.0. The van der Waals surface area contributed by atoms with Crippen LogP contribution in [0.3, 0.4) is 0 Å². The number of hydrogen-bond donors (Lipinski definition) is 0. The van der Waals surface area contributed by atoms with E-state index in [1.807, 2.05) is 18.2 Å². The summed E-state index contributed by atoms with van der Waals surface area (Å²) in [4.78, 5) is 14.4. The Kier molecular flexibility index (Phi) is 3.82. The van der Waals surface area contributed by atoms with Crippen molar-refractivity contribution in [2.75, 3.05) is 0 Å². The van der Waals surface area contributed by atoms with Gasteiger partial charge in [0.25, 0.3) is 0 Å². The van der Waals surface area contributed by atoms with E-state index >= 15 is 0 Å². The molecule has 0 aliphatic heterocycles. The Morgan fingerprint density at radius 2 is 1.90 bits per heavy atom. The fourth-order valence-corrected chi connectivity index (χ4v) is 3.35. The molecular weight excluding hydrogens is 264 g/mol. The van der Waals surface area contributed by atoms with Gasteiger partial charge in [0.1, 0.15) is 0 Å². The van der Waals surface area contributed by atoms with Crippen LogP contribution >= 0.6 is 0 Å². The highest BCUT2D eigenvalue weighted by atomic mass is 16.1. The number of ketones is 1. The van der Waals surface area contributed by atoms with Crippen molar-refractivity contribution >= 4 is 5.78 Å². The lowest BCUT2D eigenvalue weighted by atomic mass is 9.66. The maximum absolute atomic E-state index is 13.0. The molecule has 0 saturated heterocycles. The van der Waals surface area contributed by atoms with Crippen molar-refractivity contribution in [3.63, 3.8) is 0 Å². The monoisotopic (exact) mass is 284 g/mol. The minimum Gasteiger partial charge on any atom is -0.298 e. The zero-order valence-corrected chi connectivity index (χ0v) is 12.3. The number of rotatable bonds is 4. The molecule has 0 N–H and O–H groups in total. The zero-order valence-electron chi connectivity index (χ0n) is 12.3. The number of aryl methyl sites for hydroxylation is 1. The summed E-state index contributed by atoms with van der Waals surface area (Å²) < 4.78 is 0. The number of aromatic nitrogens is 4. The van der Waals surface area contributed by atoms with Crippen LogP contribution in [0.2, 0.25) is 0 Å². The number of carbonyl (C=O) groups is 1. The van der Waals surface area contributed by atoms with Crippen LogP contribution in [0.5, 0.6) is 0 Å². The van der Waals surface area contributed by atoms with Crippen molar-refractivity contribution in [2.24, 2.45) is 7.05 Å². The third-order valence-corrected chi connectivity index (χ3v) is 4.44. The summed E-state index contributed by atoms with van der Waals surface area (Å²) >= 11 is 0. The van der Waals surface area contributed by atoms with Gasteiger partial charge in [-0.15, -0.1) is 10.2 Å². The molecule has 0 bridgehead atoms. The van der Waals surface area contributed by atoms with Crippen molar-refractivity contribution < 1.29 is 4.79 Å². The van der Waals surface area contributed by atoms with E-state index < -0.39 is 0 Å². The van der Waals surface area contributed by atoms with Gasteiger partial charge >= 0.3 is 0 Å². The number of carbonyl (C=O) groups excluding carboxylic acids is 1. The van der Waals surface area contributed by atoms with Gasteiger partial charge in [-0.25, -0.2) is 0 Å². The molecule has 2 aromatic rings. The van der Waals surface area contributed by atoms with E-state index in [1.54, 1.807) is 7.05 Å². The fraction of sp³-hybridized carbons (Fsp3) is 0.500. The summed E-state index contributed by atoms with van der Waals surface area (Å²) in [6, 6.07) is 10.2. The average Bonchev–Trinajstić information content (AvgIpc) is 2.94. The van der Waals surface area contributed by atoms with Crippen LogP contribution < -0.4 is 0 Å². The summed E-state index contributed by atoms with van der Waals surface area (Å²) in [5.74, 6) is 0.741. The topological polar surface area (TPSA) is 60.7 Å². The van der Waals surface area contributed by atoms with E-state index in [9.17, 15) is 4.79 Å². The van der Waals surface area contributed by atoms with Crippen LogP contribution in [-0.2, 0) is 23.7 Å². The van der Waals surface area contributed by atoms with Crippen LogP contribution in [0, 0.1) is 0 Å². The molecule has 1 saturated carbocycles. The second-order valence-corrected chi connectivity index (χ2v) is 5.80. The lowest BCUT2D eigenvalue weighted by Gasteiger charge is -2.36. The third-order valence-electron chi connectivity index (χ3n) is 4.44. The van der Waals surface area contributed by atoms with Crippen LogP contribution in [0.1, 0.15) is 43.5 Å². The van der Waals surface area contributed by atoms with Crippen LogP contribution in [0.4, 0.5) is 0 Å². The molecule has 1 aromatic heterocycles. The lowest BCUT2D eigenvalue weighted by Crippen LogP contribution is -2.39. The Balaban J connectivity index is 1.90. The molecule has 0 atom stereocenters. The summed E-state index contributed by atoms with van der Waals surface area (Å²) in [7, 11) is 1.72. The number of hydrogen-bond acceptors (Lipinski definition) is 4. The first-order valence-corrected chi connectivity index (χ1v) is 7.52. The van der Waals surface area contributed by atoms with E-state index in [4.69, 9.17) is 0 Å². The highest BCUT2D eigenvalue weighted by molar-refractivity contribution is 5.91. The second kappa shape index (κ2) is 5.76. The van der Waals surface area contributed by atoms with Gasteiger partial charge in [0.15, 0.2) is 11.6 Å². The largest absolute Gasteiger partial charge is 0.298 e. The Morgan fingerprint density at radius 3 is 2.52 bits per heavy atom. The molecule has 3 rings (SSSR count). The minimum absolute atomic E-state index is 0.224. The van der Waals surface area contributed by atoms with Crippen molar-refractivity contribution in [1.82, 2.24) is 20.2 Å².